The Bertz CT molecular complexity index is 470. The number of guanidine groups is 1. The molecule has 0 radical (unpaired) electrons. The van der Waals surface area contributed by atoms with Crippen LogP contribution in [0, 0.1) is 5.92 Å². The van der Waals surface area contributed by atoms with Gasteiger partial charge in [-0.3, -0.25) is 9.67 Å². The molecule has 2 N–H and O–H groups in total. The van der Waals surface area contributed by atoms with E-state index in [1.807, 2.05) is 24.9 Å². The highest BCUT2D eigenvalue weighted by Gasteiger charge is 2.26. The standard InChI is InChI=1S/C15H27N5O/c1-4-16-15(17-7-12(2)11-21)20-6-5-13(10-20)14-8-18-19(3)9-14/h8-9,12-13,21H,4-7,10-11H2,1-3H3,(H,16,17). The Hall–Kier alpha value is -1.56. The number of aryl methyl sites for hydroxylation is 1. The number of nitrogens with one attached hydrogen (secondary N) is 1. The van der Waals surface area contributed by atoms with Crippen molar-refractivity contribution in [1.29, 1.82) is 0 Å². The Morgan fingerprint density at radius 3 is 3.05 bits per heavy atom. The highest BCUT2D eigenvalue weighted by Crippen LogP contribution is 2.26. The van der Waals surface area contributed by atoms with Crippen LogP contribution in [0.4, 0.5) is 0 Å². The average Bonchev–Trinajstić information content (AvgIpc) is 3.11. The zero-order valence-corrected chi connectivity index (χ0v) is 13.3. The molecule has 1 aromatic rings. The third-order valence-electron chi connectivity index (χ3n) is 3.88. The van der Waals surface area contributed by atoms with Crippen molar-refractivity contribution in [2.45, 2.75) is 26.2 Å². The lowest BCUT2D eigenvalue weighted by Crippen LogP contribution is -2.40. The lowest BCUT2D eigenvalue weighted by Gasteiger charge is -2.22. The number of nitrogens with zero attached hydrogens (tertiary/aromatic N) is 4. The van der Waals surface area contributed by atoms with Gasteiger partial charge in [-0.15, -0.1) is 0 Å². The Balaban J connectivity index is 1.98. The molecule has 0 bridgehead atoms. The lowest BCUT2D eigenvalue weighted by atomic mass is 10.0. The van der Waals surface area contributed by atoms with Gasteiger partial charge in [0.1, 0.15) is 0 Å². The highest BCUT2D eigenvalue weighted by atomic mass is 16.3. The molecule has 0 aromatic carbocycles. The zero-order chi connectivity index (χ0) is 15.2. The van der Waals surface area contributed by atoms with Crippen LogP contribution in [-0.4, -0.2) is 58.5 Å². The van der Waals surface area contributed by atoms with Crippen LogP contribution >= 0.6 is 0 Å². The van der Waals surface area contributed by atoms with Gasteiger partial charge in [-0.1, -0.05) is 6.92 Å². The normalized spacial score (nSPS) is 20.9. The van der Waals surface area contributed by atoms with Crippen molar-refractivity contribution >= 4 is 5.96 Å². The van der Waals surface area contributed by atoms with Crippen LogP contribution in [0.25, 0.3) is 0 Å². The molecule has 1 fully saturated rings. The van der Waals surface area contributed by atoms with Gasteiger partial charge in [0.25, 0.3) is 0 Å². The second-order valence-corrected chi connectivity index (χ2v) is 5.86. The SMILES string of the molecule is CCNC(=NCC(C)CO)N1CCC(c2cnn(C)c2)C1. The van der Waals surface area contributed by atoms with Gasteiger partial charge >= 0.3 is 0 Å². The van der Waals surface area contributed by atoms with Gasteiger partial charge in [0.05, 0.1) is 6.20 Å². The molecule has 2 unspecified atom stereocenters. The summed E-state index contributed by atoms with van der Waals surface area (Å²) in [5.41, 5.74) is 1.31. The van der Waals surface area contributed by atoms with E-state index in [4.69, 9.17) is 5.11 Å². The summed E-state index contributed by atoms with van der Waals surface area (Å²) in [5, 5.41) is 16.7. The second-order valence-electron chi connectivity index (χ2n) is 5.86. The third kappa shape index (κ3) is 4.20. The molecule has 0 saturated carbocycles. The number of aliphatic hydroxyl groups excluding tert-OH is 1. The van der Waals surface area contributed by atoms with Crippen LogP contribution in [0.3, 0.4) is 0 Å². The molecular weight excluding hydrogens is 266 g/mol. The van der Waals surface area contributed by atoms with E-state index in [1.165, 1.54) is 5.56 Å². The van der Waals surface area contributed by atoms with Crippen molar-refractivity contribution in [1.82, 2.24) is 20.0 Å². The maximum Gasteiger partial charge on any atom is 0.193 e. The van der Waals surface area contributed by atoms with E-state index in [0.29, 0.717) is 12.5 Å². The first-order valence-corrected chi connectivity index (χ1v) is 7.76. The molecule has 0 aliphatic carbocycles. The highest BCUT2D eigenvalue weighted by molar-refractivity contribution is 5.80. The van der Waals surface area contributed by atoms with E-state index in [1.54, 1.807) is 0 Å². The molecule has 1 aromatic heterocycles. The number of aliphatic imine (C=N–C) groups is 1. The molecule has 2 rings (SSSR count). The quantitative estimate of drug-likeness (QED) is 0.623. The predicted molar refractivity (Wildman–Crippen MR) is 84.4 cm³/mol. The van der Waals surface area contributed by atoms with Gasteiger partial charge in [0.2, 0.25) is 0 Å². The summed E-state index contributed by atoms with van der Waals surface area (Å²) in [6.45, 7) is 7.79. The Kier molecular flexibility index (Phi) is 5.61. The lowest BCUT2D eigenvalue weighted by molar-refractivity contribution is 0.241. The fourth-order valence-electron chi connectivity index (χ4n) is 2.60. The average molecular weight is 293 g/mol. The maximum atomic E-state index is 9.12. The van der Waals surface area contributed by atoms with Crippen molar-refractivity contribution in [3.8, 4) is 0 Å². The Labute approximate surface area is 126 Å². The van der Waals surface area contributed by atoms with Crippen LogP contribution in [-0.2, 0) is 7.05 Å². The van der Waals surface area contributed by atoms with Crippen LogP contribution in [0.5, 0.6) is 0 Å². The molecule has 21 heavy (non-hydrogen) atoms. The molecule has 0 spiro atoms. The number of rotatable bonds is 5. The van der Waals surface area contributed by atoms with Gasteiger partial charge < -0.3 is 15.3 Å². The Morgan fingerprint density at radius 1 is 1.62 bits per heavy atom. The van der Waals surface area contributed by atoms with E-state index in [0.717, 1.165) is 32.0 Å². The number of hydrogen-bond donors (Lipinski definition) is 2. The monoisotopic (exact) mass is 293 g/mol. The summed E-state index contributed by atoms with van der Waals surface area (Å²) >= 11 is 0. The minimum atomic E-state index is 0.182. The van der Waals surface area contributed by atoms with Crippen LogP contribution in [0.15, 0.2) is 17.4 Å². The molecule has 6 heteroatoms. The fraction of sp³-hybridized carbons (Fsp3) is 0.733. The summed E-state index contributed by atoms with van der Waals surface area (Å²) in [4.78, 5) is 6.96. The smallest absolute Gasteiger partial charge is 0.193 e. The summed E-state index contributed by atoms with van der Waals surface area (Å²) in [7, 11) is 1.96. The summed E-state index contributed by atoms with van der Waals surface area (Å²) < 4.78 is 1.86. The molecule has 2 heterocycles. The predicted octanol–water partition coefficient (Wildman–Crippen LogP) is 0.803. The van der Waals surface area contributed by atoms with E-state index < -0.39 is 0 Å². The Morgan fingerprint density at radius 2 is 2.43 bits per heavy atom. The fourth-order valence-corrected chi connectivity index (χ4v) is 2.60. The molecule has 1 aliphatic rings. The maximum absolute atomic E-state index is 9.12. The summed E-state index contributed by atoms with van der Waals surface area (Å²) in [6.07, 6.45) is 5.20. The van der Waals surface area contributed by atoms with E-state index in [-0.39, 0.29) is 12.5 Å². The summed E-state index contributed by atoms with van der Waals surface area (Å²) in [6, 6.07) is 0. The third-order valence-corrected chi connectivity index (χ3v) is 3.88. The second kappa shape index (κ2) is 7.45. The van der Waals surface area contributed by atoms with Crippen molar-refractivity contribution in [2.75, 3.05) is 32.8 Å². The zero-order valence-electron chi connectivity index (χ0n) is 13.3. The first kappa shape index (κ1) is 15.8. The van der Waals surface area contributed by atoms with Crippen LogP contribution < -0.4 is 5.32 Å². The van der Waals surface area contributed by atoms with Gasteiger partial charge in [-0.25, -0.2) is 0 Å². The number of hydrogen-bond acceptors (Lipinski definition) is 3. The molecule has 118 valence electrons. The first-order valence-electron chi connectivity index (χ1n) is 7.76. The van der Waals surface area contributed by atoms with Crippen LogP contribution in [0.1, 0.15) is 31.7 Å². The van der Waals surface area contributed by atoms with Crippen molar-refractivity contribution in [3.05, 3.63) is 18.0 Å². The number of aromatic nitrogens is 2. The molecular formula is C15H27N5O. The summed E-state index contributed by atoms with van der Waals surface area (Å²) in [5.74, 6) is 1.69. The molecule has 1 aliphatic heterocycles. The molecule has 2 atom stereocenters. The van der Waals surface area contributed by atoms with Crippen molar-refractivity contribution < 1.29 is 5.11 Å². The minimum absolute atomic E-state index is 0.182. The van der Waals surface area contributed by atoms with E-state index >= 15 is 0 Å². The van der Waals surface area contributed by atoms with E-state index in [2.05, 4.69) is 33.4 Å². The number of likely N-dealkylation sites (tertiary alicyclic amines) is 1. The van der Waals surface area contributed by atoms with Crippen molar-refractivity contribution in [2.24, 2.45) is 18.0 Å². The molecule has 6 nitrogen and oxygen atoms in total. The topological polar surface area (TPSA) is 65.7 Å². The molecule has 0 amide bonds. The first-order chi connectivity index (χ1) is 10.1. The molecule has 1 saturated heterocycles. The van der Waals surface area contributed by atoms with E-state index in [9.17, 15) is 0 Å². The number of aliphatic hydroxyl groups is 1. The van der Waals surface area contributed by atoms with Crippen LogP contribution in [0.2, 0.25) is 0 Å². The van der Waals surface area contributed by atoms with Gasteiger partial charge in [-0.2, -0.15) is 5.10 Å². The van der Waals surface area contributed by atoms with Gasteiger partial charge in [0, 0.05) is 51.9 Å². The van der Waals surface area contributed by atoms with Crippen molar-refractivity contribution in [3.63, 3.8) is 0 Å². The minimum Gasteiger partial charge on any atom is -0.396 e. The largest absolute Gasteiger partial charge is 0.396 e. The van der Waals surface area contributed by atoms with Gasteiger partial charge in [-0.05, 0) is 24.8 Å². The van der Waals surface area contributed by atoms with Gasteiger partial charge in [0.15, 0.2) is 5.96 Å².